The lowest BCUT2D eigenvalue weighted by Crippen LogP contribution is -2.17. The van der Waals surface area contributed by atoms with E-state index < -0.39 is 29.9 Å². The molecule has 2 rings (SSSR count). The zero-order valence-corrected chi connectivity index (χ0v) is 10.4. The van der Waals surface area contributed by atoms with Crippen LogP contribution in [-0.2, 0) is 0 Å². The molecule has 0 aromatic heterocycles. The third-order valence-electron chi connectivity index (χ3n) is 2.63. The van der Waals surface area contributed by atoms with Gasteiger partial charge >= 0.3 is 6.36 Å². The highest BCUT2D eigenvalue weighted by atomic mass is 19.4. The molecule has 1 N–H and O–H groups in total. The zero-order chi connectivity index (χ0) is 15.6. The van der Waals surface area contributed by atoms with Gasteiger partial charge in [-0.1, -0.05) is 12.1 Å². The summed E-state index contributed by atoms with van der Waals surface area (Å²) in [7, 11) is 0. The van der Waals surface area contributed by atoms with Gasteiger partial charge in [-0.25, -0.2) is 8.78 Å². The van der Waals surface area contributed by atoms with Crippen molar-refractivity contribution in [1.29, 1.82) is 0 Å². The van der Waals surface area contributed by atoms with Crippen LogP contribution >= 0.6 is 0 Å². The van der Waals surface area contributed by atoms with Gasteiger partial charge in [0, 0.05) is 6.07 Å². The molecule has 2 aromatic carbocycles. The van der Waals surface area contributed by atoms with E-state index >= 15 is 0 Å². The van der Waals surface area contributed by atoms with Crippen molar-refractivity contribution in [3.8, 4) is 5.75 Å². The number of hydrogen-bond donors (Lipinski definition) is 1. The van der Waals surface area contributed by atoms with Crippen LogP contribution in [0.1, 0.15) is 17.2 Å². The van der Waals surface area contributed by atoms with Gasteiger partial charge in [-0.3, -0.25) is 0 Å². The summed E-state index contributed by atoms with van der Waals surface area (Å²) in [6.07, 6.45) is -6.18. The molecule has 0 aliphatic carbocycles. The van der Waals surface area contributed by atoms with Crippen molar-refractivity contribution in [3.63, 3.8) is 0 Å². The van der Waals surface area contributed by atoms with Crippen molar-refractivity contribution in [2.45, 2.75) is 12.5 Å². The number of aliphatic hydroxyl groups is 1. The van der Waals surface area contributed by atoms with Crippen LogP contribution in [0.3, 0.4) is 0 Å². The Balaban J connectivity index is 2.21. The molecule has 0 radical (unpaired) electrons. The van der Waals surface area contributed by atoms with Gasteiger partial charge < -0.3 is 9.84 Å². The minimum Gasteiger partial charge on any atom is -0.406 e. The van der Waals surface area contributed by atoms with Gasteiger partial charge in [0.05, 0.1) is 0 Å². The van der Waals surface area contributed by atoms with Crippen LogP contribution < -0.4 is 4.74 Å². The van der Waals surface area contributed by atoms with E-state index in [4.69, 9.17) is 0 Å². The second-order valence-electron chi connectivity index (χ2n) is 4.22. The second-order valence-corrected chi connectivity index (χ2v) is 4.22. The largest absolute Gasteiger partial charge is 0.573 e. The number of rotatable bonds is 3. The molecule has 7 heteroatoms. The Labute approximate surface area is 116 Å². The maximum atomic E-state index is 13.1. The molecule has 0 saturated carbocycles. The van der Waals surface area contributed by atoms with Crippen LogP contribution in [0.2, 0.25) is 0 Å². The Morgan fingerprint density at radius 2 is 1.38 bits per heavy atom. The number of ether oxygens (including phenoxy) is 1. The number of aliphatic hydroxyl groups excluding tert-OH is 1. The minimum absolute atomic E-state index is 0.0445. The van der Waals surface area contributed by atoms with Crippen LogP contribution in [0, 0.1) is 11.6 Å². The summed E-state index contributed by atoms with van der Waals surface area (Å²) < 4.78 is 65.8. The molecular weight excluding hydrogens is 295 g/mol. The van der Waals surface area contributed by atoms with Crippen molar-refractivity contribution in [3.05, 3.63) is 65.2 Å². The summed E-state index contributed by atoms with van der Waals surface area (Å²) in [5.74, 6) is -2.17. The fourth-order valence-electron chi connectivity index (χ4n) is 1.78. The number of hydrogen-bond acceptors (Lipinski definition) is 2. The maximum Gasteiger partial charge on any atom is 0.573 e. The number of halogens is 5. The summed E-state index contributed by atoms with van der Waals surface area (Å²) in [4.78, 5) is 0. The quantitative estimate of drug-likeness (QED) is 0.870. The third kappa shape index (κ3) is 4.16. The standard InChI is InChI=1S/C14H9F5O2/c15-10-5-9(6-11(16)7-10)13(20)8-1-3-12(4-2-8)21-14(17,18)19/h1-7,13,20H. The van der Waals surface area contributed by atoms with Gasteiger partial charge in [0.1, 0.15) is 23.5 Å². The Hall–Kier alpha value is -2.15. The van der Waals surface area contributed by atoms with E-state index in [1.807, 2.05) is 0 Å². The third-order valence-corrected chi connectivity index (χ3v) is 2.63. The molecule has 1 unspecified atom stereocenters. The van der Waals surface area contributed by atoms with Crippen LogP contribution in [0.15, 0.2) is 42.5 Å². The van der Waals surface area contributed by atoms with Crippen molar-refractivity contribution >= 4 is 0 Å². The van der Waals surface area contributed by atoms with Gasteiger partial charge in [-0.2, -0.15) is 0 Å². The number of alkyl halides is 3. The average Bonchev–Trinajstić information content (AvgIpc) is 2.35. The highest BCUT2D eigenvalue weighted by molar-refractivity contribution is 5.34. The molecule has 0 fully saturated rings. The minimum atomic E-state index is -4.81. The second kappa shape index (κ2) is 5.69. The Morgan fingerprint density at radius 1 is 0.857 bits per heavy atom. The monoisotopic (exact) mass is 304 g/mol. The normalized spacial score (nSPS) is 13.0. The molecule has 0 amide bonds. The molecule has 0 saturated heterocycles. The van der Waals surface area contributed by atoms with E-state index in [1.165, 1.54) is 12.1 Å². The van der Waals surface area contributed by atoms with Gasteiger partial charge in [0.25, 0.3) is 0 Å². The fraction of sp³-hybridized carbons (Fsp3) is 0.143. The molecule has 2 aromatic rings. The van der Waals surface area contributed by atoms with Crippen molar-refractivity contribution in [1.82, 2.24) is 0 Å². The first-order valence-electron chi connectivity index (χ1n) is 5.74. The van der Waals surface area contributed by atoms with Crippen LogP contribution in [-0.4, -0.2) is 11.5 Å². The highest BCUT2D eigenvalue weighted by Gasteiger charge is 2.31. The van der Waals surface area contributed by atoms with E-state index in [-0.39, 0.29) is 11.1 Å². The summed E-state index contributed by atoms with van der Waals surface area (Å²) in [6, 6.07) is 6.88. The van der Waals surface area contributed by atoms with E-state index in [2.05, 4.69) is 4.74 Å². The predicted molar refractivity (Wildman–Crippen MR) is 63.5 cm³/mol. The van der Waals surface area contributed by atoms with Gasteiger partial charge in [0.2, 0.25) is 0 Å². The van der Waals surface area contributed by atoms with Gasteiger partial charge in [-0.05, 0) is 35.4 Å². The lowest BCUT2D eigenvalue weighted by molar-refractivity contribution is -0.274. The van der Waals surface area contributed by atoms with Gasteiger partial charge in [0.15, 0.2) is 0 Å². The molecule has 112 valence electrons. The summed E-state index contributed by atoms with van der Waals surface area (Å²) in [6.45, 7) is 0. The van der Waals surface area contributed by atoms with Crippen LogP contribution in [0.4, 0.5) is 22.0 Å². The molecule has 0 bridgehead atoms. The highest BCUT2D eigenvalue weighted by Crippen LogP contribution is 2.27. The van der Waals surface area contributed by atoms with E-state index in [0.29, 0.717) is 6.07 Å². The SMILES string of the molecule is OC(c1ccc(OC(F)(F)F)cc1)c1cc(F)cc(F)c1. The Bertz CT molecular complexity index is 602. The smallest absolute Gasteiger partial charge is 0.406 e. The van der Waals surface area contributed by atoms with Crippen molar-refractivity contribution in [2.75, 3.05) is 0 Å². The molecule has 0 aliphatic heterocycles. The molecule has 0 heterocycles. The van der Waals surface area contributed by atoms with Crippen LogP contribution in [0.25, 0.3) is 0 Å². The van der Waals surface area contributed by atoms with Crippen LogP contribution in [0.5, 0.6) is 5.75 Å². The summed E-state index contributed by atoms with van der Waals surface area (Å²) in [5.41, 5.74) is 0.131. The first kappa shape index (κ1) is 15.2. The molecule has 0 aliphatic rings. The summed E-state index contributed by atoms with van der Waals surface area (Å²) >= 11 is 0. The van der Waals surface area contributed by atoms with E-state index in [0.717, 1.165) is 24.3 Å². The first-order valence-corrected chi connectivity index (χ1v) is 5.74. The molecule has 1 atom stereocenters. The number of benzene rings is 2. The molecular formula is C14H9F5O2. The van der Waals surface area contributed by atoms with Crippen molar-refractivity contribution < 1.29 is 31.8 Å². The lowest BCUT2D eigenvalue weighted by atomic mass is 10.0. The summed E-state index contributed by atoms with van der Waals surface area (Å²) in [5, 5.41) is 9.97. The Kier molecular flexibility index (Phi) is 4.13. The van der Waals surface area contributed by atoms with Crippen molar-refractivity contribution in [2.24, 2.45) is 0 Å². The Morgan fingerprint density at radius 3 is 1.86 bits per heavy atom. The predicted octanol–water partition coefficient (Wildman–Crippen LogP) is 3.95. The zero-order valence-electron chi connectivity index (χ0n) is 10.4. The topological polar surface area (TPSA) is 29.5 Å². The first-order chi connectivity index (χ1) is 9.74. The maximum absolute atomic E-state index is 13.1. The van der Waals surface area contributed by atoms with Gasteiger partial charge in [-0.15, -0.1) is 13.2 Å². The average molecular weight is 304 g/mol. The molecule has 0 spiro atoms. The lowest BCUT2D eigenvalue weighted by Gasteiger charge is -2.13. The molecule has 21 heavy (non-hydrogen) atoms. The fourth-order valence-corrected chi connectivity index (χ4v) is 1.78. The molecule has 2 nitrogen and oxygen atoms in total. The van der Waals surface area contributed by atoms with E-state index in [9.17, 15) is 27.1 Å². The van der Waals surface area contributed by atoms with E-state index in [1.54, 1.807) is 0 Å².